The zero-order valence-electron chi connectivity index (χ0n) is 13.4. The molecule has 0 amide bonds. The first-order valence-corrected chi connectivity index (χ1v) is 7.75. The number of aliphatic imine (C=N–C) groups is 1. The molecule has 1 unspecified atom stereocenters. The number of carbonyl (C=O) groups excluding carboxylic acids is 1. The maximum Gasteiger partial charge on any atom is 0.328 e. The molecule has 0 aliphatic heterocycles. The van der Waals surface area contributed by atoms with E-state index >= 15 is 0 Å². The van der Waals surface area contributed by atoms with Crippen molar-refractivity contribution in [2.45, 2.75) is 38.6 Å². The minimum absolute atomic E-state index is 0.197. The molecule has 5 heteroatoms. The normalized spacial score (nSPS) is 12.6. The van der Waals surface area contributed by atoms with Crippen LogP contribution < -0.4 is 0 Å². The summed E-state index contributed by atoms with van der Waals surface area (Å²) in [7, 11) is 0. The third-order valence-electron chi connectivity index (χ3n) is 3.07. The van der Waals surface area contributed by atoms with Crippen LogP contribution in [0.15, 0.2) is 47.5 Å². The molecular formula is C18H23NO4. The summed E-state index contributed by atoms with van der Waals surface area (Å²) in [5.41, 5.74) is 0.872. The number of carboxylic acid groups (broad SMARTS) is 1. The van der Waals surface area contributed by atoms with Gasteiger partial charge in [0, 0.05) is 12.6 Å². The van der Waals surface area contributed by atoms with Crippen LogP contribution in [-0.2, 0) is 14.3 Å². The standard InChI is InChI=1S/C18H23NO4/c1-2-23-17(20)13-9-4-3-8-12-16(18(21)22)19-14-15-10-6-5-7-11-15/h3,5-8,10-11,14,16H,2,4,9,12-13H2,1H3,(H,21,22)/b8-3+,19-14+. The van der Waals surface area contributed by atoms with E-state index in [-0.39, 0.29) is 5.97 Å². The summed E-state index contributed by atoms with van der Waals surface area (Å²) in [5, 5.41) is 9.18. The van der Waals surface area contributed by atoms with Crippen molar-refractivity contribution in [2.75, 3.05) is 6.61 Å². The average molecular weight is 317 g/mol. The van der Waals surface area contributed by atoms with Gasteiger partial charge in [0.25, 0.3) is 0 Å². The fraction of sp³-hybridized carbons (Fsp3) is 0.389. The molecule has 0 saturated heterocycles. The zero-order chi connectivity index (χ0) is 16.9. The lowest BCUT2D eigenvalue weighted by Gasteiger charge is -2.03. The van der Waals surface area contributed by atoms with Crippen molar-refractivity contribution in [2.24, 2.45) is 4.99 Å². The van der Waals surface area contributed by atoms with Crippen LogP contribution in [0.2, 0.25) is 0 Å². The molecule has 0 aliphatic rings. The van der Waals surface area contributed by atoms with Crippen molar-refractivity contribution in [1.29, 1.82) is 0 Å². The number of rotatable bonds is 10. The molecule has 0 aliphatic carbocycles. The second kappa shape index (κ2) is 11.2. The van der Waals surface area contributed by atoms with Gasteiger partial charge in [0.1, 0.15) is 0 Å². The summed E-state index contributed by atoms with van der Waals surface area (Å²) in [5.74, 6) is -1.15. The number of hydrogen-bond donors (Lipinski definition) is 1. The van der Waals surface area contributed by atoms with Crippen molar-refractivity contribution in [3.05, 3.63) is 48.0 Å². The van der Waals surface area contributed by atoms with Crippen molar-refractivity contribution in [3.8, 4) is 0 Å². The van der Waals surface area contributed by atoms with Gasteiger partial charge in [-0.2, -0.15) is 0 Å². The van der Waals surface area contributed by atoms with Crippen molar-refractivity contribution >= 4 is 18.2 Å². The SMILES string of the molecule is CCOC(=O)CCC/C=C/CC(/N=C/c1ccccc1)C(=O)O. The molecule has 124 valence electrons. The third-order valence-corrected chi connectivity index (χ3v) is 3.07. The summed E-state index contributed by atoms with van der Waals surface area (Å²) in [6.07, 6.45) is 7.38. The number of aliphatic carboxylic acids is 1. The molecule has 1 rings (SSSR count). The Bertz CT molecular complexity index is 537. The lowest BCUT2D eigenvalue weighted by atomic mass is 10.1. The van der Waals surface area contributed by atoms with E-state index in [4.69, 9.17) is 4.74 Å². The Morgan fingerprint density at radius 3 is 2.65 bits per heavy atom. The molecule has 1 N–H and O–H groups in total. The number of carbonyl (C=O) groups is 2. The van der Waals surface area contributed by atoms with Crippen LogP contribution in [-0.4, -0.2) is 35.9 Å². The van der Waals surface area contributed by atoms with Crippen LogP contribution in [0.4, 0.5) is 0 Å². The van der Waals surface area contributed by atoms with Gasteiger partial charge in [-0.15, -0.1) is 0 Å². The lowest BCUT2D eigenvalue weighted by Crippen LogP contribution is -2.17. The average Bonchev–Trinajstić information content (AvgIpc) is 2.54. The minimum atomic E-state index is -0.951. The molecule has 5 nitrogen and oxygen atoms in total. The Morgan fingerprint density at radius 1 is 1.26 bits per heavy atom. The maximum atomic E-state index is 11.2. The van der Waals surface area contributed by atoms with Crippen LogP contribution in [0.5, 0.6) is 0 Å². The van der Waals surface area contributed by atoms with Gasteiger partial charge in [0.2, 0.25) is 0 Å². The first-order chi connectivity index (χ1) is 11.1. The van der Waals surface area contributed by atoms with Crippen LogP contribution in [0.25, 0.3) is 0 Å². The van der Waals surface area contributed by atoms with E-state index in [1.807, 2.05) is 36.4 Å². The highest BCUT2D eigenvalue weighted by molar-refractivity contribution is 5.83. The Morgan fingerprint density at radius 2 is 2.00 bits per heavy atom. The van der Waals surface area contributed by atoms with Gasteiger partial charge in [-0.3, -0.25) is 9.79 Å². The fourth-order valence-corrected chi connectivity index (χ4v) is 1.88. The molecule has 1 aromatic rings. The number of hydrogen-bond acceptors (Lipinski definition) is 4. The molecular weight excluding hydrogens is 294 g/mol. The Kier molecular flexibility index (Phi) is 9.05. The van der Waals surface area contributed by atoms with Gasteiger partial charge >= 0.3 is 11.9 Å². The van der Waals surface area contributed by atoms with Gasteiger partial charge in [-0.05, 0) is 31.7 Å². The predicted octanol–water partition coefficient (Wildman–Crippen LogP) is 3.24. The number of ether oxygens (including phenoxy) is 1. The number of unbranched alkanes of at least 4 members (excludes halogenated alkanes) is 1. The van der Waals surface area contributed by atoms with Crippen LogP contribution in [0.3, 0.4) is 0 Å². The summed E-state index contributed by atoms with van der Waals surface area (Å²) >= 11 is 0. The van der Waals surface area contributed by atoms with Gasteiger partial charge in [0.05, 0.1) is 6.61 Å². The molecule has 0 spiro atoms. The Labute approximate surface area is 136 Å². The summed E-state index contributed by atoms with van der Waals surface area (Å²) < 4.78 is 4.83. The Hall–Kier alpha value is -2.43. The molecule has 1 atom stereocenters. The second-order valence-electron chi connectivity index (χ2n) is 4.95. The highest BCUT2D eigenvalue weighted by Gasteiger charge is 2.12. The number of allylic oxidation sites excluding steroid dienone is 1. The van der Waals surface area contributed by atoms with E-state index in [9.17, 15) is 14.7 Å². The quantitative estimate of drug-likeness (QED) is 0.311. The smallest absolute Gasteiger partial charge is 0.328 e. The molecule has 0 aromatic heterocycles. The van der Waals surface area contributed by atoms with Gasteiger partial charge in [0.15, 0.2) is 6.04 Å². The van der Waals surface area contributed by atoms with Crippen LogP contribution in [0.1, 0.15) is 38.2 Å². The molecule has 0 heterocycles. The van der Waals surface area contributed by atoms with Gasteiger partial charge in [-0.1, -0.05) is 42.5 Å². The van der Waals surface area contributed by atoms with E-state index in [2.05, 4.69) is 4.99 Å². The largest absolute Gasteiger partial charge is 0.480 e. The molecule has 0 fully saturated rings. The third kappa shape index (κ3) is 8.56. The lowest BCUT2D eigenvalue weighted by molar-refractivity contribution is -0.143. The van der Waals surface area contributed by atoms with Crippen LogP contribution in [0, 0.1) is 0 Å². The minimum Gasteiger partial charge on any atom is -0.480 e. The highest BCUT2D eigenvalue weighted by atomic mass is 16.5. The topological polar surface area (TPSA) is 76.0 Å². The van der Waals surface area contributed by atoms with E-state index in [0.717, 1.165) is 5.56 Å². The molecule has 0 saturated carbocycles. The maximum absolute atomic E-state index is 11.2. The van der Waals surface area contributed by atoms with Crippen molar-refractivity contribution < 1.29 is 19.4 Å². The molecule has 23 heavy (non-hydrogen) atoms. The summed E-state index contributed by atoms with van der Waals surface area (Å²) in [6.45, 7) is 2.17. The molecule has 1 aromatic carbocycles. The molecule has 0 bridgehead atoms. The predicted molar refractivity (Wildman–Crippen MR) is 89.7 cm³/mol. The molecule has 0 radical (unpaired) electrons. The van der Waals surface area contributed by atoms with E-state index in [0.29, 0.717) is 32.3 Å². The highest BCUT2D eigenvalue weighted by Crippen LogP contribution is 2.05. The van der Waals surface area contributed by atoms with Crippen molar-refractivity contribution in [1.82, 2.24) is 0 Å². The Balaban J connectivity index is 2.36. The zero-order valence-corrected chi connectivity index (χ0v) is 13.4. The van der Waals surface area contributed by atoms with E-state index in [1.54, 1.807) is 19.2 Å². The van der Waals surface area contributed by atoms with Gasteiger partial charge < -0.3 is 9.84 Å². The second-order valence-corrected chi connectivity index (χ2v) is 4.95. The summed E-state index contributed by atoms with van der Waals surface area (Å²) in [4.78, 5) is 26.5. The van der Waals surface area contributed by atoms with Crippen LogP contribution >= 0.6 is 0 Å². The number of nitrogens with zero attached hydrogens (tertiary/aromatic N) is 1. The van der Waals surface area contributed by atoms with Gasteiger partial charge in [-0.25, -0.2) is 4.79 Å². The van der Waals surface area contributed by atoms with E-state index in [1.165, 1.54) is 0 Å². The summed E-state index contributed by atoms with van der Waals surface area (Å²) in [6, 6.07) is 8.59. The number of carboxylic acids is 1. The monoisotopic (exact) mass is 317 g/mol. The first kappa shape index (κ1) is 18.6. The van der Waals surface area contributed by atoms with E-state index < -0.39 is 12.0 Å². The number of esters is 1. The number of benzene rings is 1. The van der Waals surface area contributed by atoms with Crippen molar-refractivity contribution in [3.63, 3.8) is 0 Å². The first-order valence-electron chi connectivity index (χ1n) is 7.75. The fourth-order valence-electron chi connectivity index (χ4n) is 1.88.